The van der Waals surface area contributed by atoms with Crippen molar-refractivity contribution in [2.75, 3.05) is 0 Å². The summed E-state index contributed by atoms with van der Waals surface area (Å²) in [4.78, 5) is 30.9. The third-order valence-corrected chi connectivity index (χ3v) is 5.32. The molecule has 0 spiro atoms. The van der Waals surface area contributed by atoms with Crippen LogP contribution in [0.1, 0.15) is 37.3 Å². The normalized spacial score (nSPS) is 18.7. The van der Waals surface area contributed by atoms with Gasteiger partial charge in [-0.1, -0.05) is 37.6 Å². The second kappa shape index (κ2) is 7.74. The lowest BCUT2D eigenvalue weighted by molar-refractivity contribution is -0.131. The molecule has 154 valence electrons. The molecule has 1 aliphatic rings. The van der Waals surface area contributed by atoms with Crippen LogP contribution >= 0.6 is 0 Å². The van der Waals surface area contributed by atoms with Crippen molar-refractivity contribution in [3.63, 3.8) is 0 Å². The molecule has 1 aromatic heterocycles. The van der Waals surface area contributed by atoms with E-state index in [1.165, 1.54) is 23.9 Å². The van der Waals surface area contributed by atoms with E-state index in [-0.39, 0.29) is 24.2 Å². The predicted octanol–water partition coefficient (Wildman–Crippen LogP) is 4.40. The molecule has 2 aromatic carbocycles. The van der Waals surface area contributed by atoms with Crippen LogP contribution in [0.15, 0.2) is 59.1 Å². The number of aryl methyl sites for hydroxylation is 1. The Bertz CT molecular complexity index is 1080. The van der Waals surface area contributed by atoms with E-state index in [4.69, 9.17) is 4.42 Å². The van der Waals surface area contributed by atoms with Crippen molar-refractivity contribution < 1.29 is 18.4 Å². The van der Waals surface area contributed by atoms with Gasteiger partial charge in [-0.3, -0.25) is 9.69 Å². The second-order valence-corrected chi connectivity index (χ2v) is 7.52. The van der Waals surface area contributed by atoms with Gasteiger partial charge in [-0.05, 0) is 48.7 Å². The summed E-state index contributed by atoms with van der Waals surface area (Å²) in [5.41, 5.74) is 1.42. The van der Waals surface area contributed by atoms with E-state index >= 15 is 0 Å². The summed E-state index contributed by atoms with van der Waals surface area (Å²) in [6, 6.07) is 13.0. The third kappa shape index (κ3) is 3.58. The van der Waals surface area contributed by atoms with Crippen LogP contribution < -0.4 is 5.32 Å². The van der Waals surface area contributed by atoms with Crippen molar-refractivity contribution in [1.29, 1.82) is 0 Å². The lowest BCUT2D eigenvalue weighted by Crippen LogP contribution is -2.40. The van der Waals surface area contributed by atoms with Gasteiger partial charge in [0, 0.05) is 5.56 Å². The third-order valence-electron chi connectivity index (χ3n) is 5.32. The largest absolute Gasteiger partial charge is 0.439 e. The van der Waals surface area contributed by atoms with Gasteiger partial charge in [-0.2, -0.15) is 0 Å². The quantitative estimate of drug-likeness (QED) is 0.615. The molecule has 1 saturated heterocycles. The number of amides is 3. The fraction of sp³-hybridized carbons (Fsp3) is 0.261. The molecule has 1 atom stereocenters. The minimum atomic E-state index is -1.14. The van der Waals surface area contributed by atoms with Crippen molar-refractivity contribution in [3.8, 4) is 11.3 Å². The summed E-state index contributed by atoms with van der Waals surface area (Å²) < 4.78 is 18.8. The fourth-order valence-corrected chi connectivity index (χ4v) is 3.60. The highest BCUT2D eigenvalue weighted by Gasteiger charge is 2.49. The van der Waals surface area contributed by atoms with E-state index in [1.807, 2.05) is 24.3 Å². The van der Waals surface area contributed by atoms with Crippen LogP contribution in [0, 0.1) is 5.82 Å². The molecule has 7 heteroatoms. The van der Waals surface area contributed by atoms with Gasteiger partial charge in [-0.15, -0.1) is 0 Å². The average Bonchev–Trinajstić information content (AvgIpc) is 3.29. The minimum Gasteiger partial charge on any atom is -0.439 e. The van der Waals surface area contributed by atoms with Gasteiger partial charge in [0.05, 0.1) is 6.20 Å². The number of nitrogens with zero attached hydrogens (tertiary/aromatic N) is 2. The number of nitrogens with one attached hydrogen (secondary N) is 1. The number of hydrogen-bond acceptors (Lipinski definition) is 4. The zero-order chi connectivity index (χ0) is 21.3. The zero-order valence-corrected chi connectivity index (χ0v) is 16.8. The number of hydrogen-bond donors (Lipinski definition) is 1. The van der Waals surface area contributed by atoms with Crippen molar-refractivity contribution in [2.45, 2.75) is 38.8 Å². The molecule has 0 saturated carbocycles. The van der Waals surface area contributed by atoms with Crippen molar-refractivity contribution >= 4 is 11.9 Å². The van der Waals surface area contributed by atoms with Crippen LogP contribution in [0.25, 0.3) is 11.3 Å². The first-order valence-electron chi connectivity index (χ1n) is 9.85. The molecule has 3 aromatic rings. The number of carbonyl (C=O) groups excluding carboxylic acids is 2. The van der Waals surface area contributed by atoms with Gasteiger partial charge >= 0.3 is 6.03 Å². The van der Waals surface area contributed by atoms with E-state index in [0.717, 1.165) is 23.3 Å². The van der Waals surface area contributed by atoms with Crippen molar-refractivity contribution in [2.24, 2.45) is 0 Å². The van der Waals surface area contributed by atoms with Crippen LogP contribution in [0.3, 0.4) is 0 Å². The highest BCUT2D eigenvalue weighted by atomic mass is 19.1. The molecule has 1 fully saturated rings. The maximum Gasteiger partial charge on any atom is 0.325 e. The lowest BCUT2D eigenvalue weighted by atomic mass is 9.91. The van der Waals surface area contributed by atoms with Crippen molar-refractivity contribution in [3.05, 3.63) is 77.6 Å². The van der Waals surface area contributed by atoms with Gasteiger partial charge < -0.3 is 9.73 Å². The molecule has 1 aliphatic heterocycles. The molecule has 0 bridgehead atoms. The highest BCUT2D eigenvalue weighted by Crippen LogP contribution is 2.30. The molecule has 0 aliphatic carbocycles. The smallest absolute Gasteiger partial charge is 0.325 e. The summed E-state index contributed by atoms with van der Waals surface area (Å²) >= 11 is 0. The molecule has 3 amide bonds. The lowest BCUT2D eigenvalue weighted by Gasteiger charge is -2.22. The summed E-state index contributed by atoms with van der Waals surface area (Å²) in [5, 5.41) is 2.79. The highest BCUT2D eigenvalue weighted by molar-refractivity contribution is 6.07. The SMILES string of the molecule is CCCc1ccc(C2(C)NC(=O)N(Cc3ncc(-c4ccc(F)cc4)o3)C2=O)cc1. The van der Waals surface area contributed by atoms with Crippen LogP contribution in [0.5, 0.6) is 0 Å². The monoisotopic (exact) mass is 407 g/mol. The first-order chi connectivity index (χ1) is 14.4. The molecule has 30 heavy (non-hydrogen) atoms. The second-order valence-electron chi connectivity index (χ2n) is 7.52. The Balaban J connectivity index is 1.52. The van der Waals surface area contributed by atoms with Crippen LogP contribution in [0.4, 0.5) is 9.18 Å². The maximum atomic E-state index is 13.1. The predicted molar refractivity (Wildman–Crippen MR) is 109 cm³/mol. The van der Waals surface area contributed by atoms with Gasteiger partial charge in [0.25, 0.3) is 5.91 Å². The van der Waals surface area contributed by atoms with Gasteiger partial charge in [0.1, 0.15) is 17.9 Å². The Morgan fingerprint density at radius 1 is 1.10 bits per heavy atom. The molecule has 2 heterocycles. The molecular formula is C23H22FN3O3. The number of imide groups is 1. The van der Waals surface area contributed by atoms with E-state index in [0.29, 0.717) is 11.3 Å². The van der Waals surface area contributed by atoms with Gasteiger partial charge in [-0.25, -0.2) is 14.2 Å². The van der Waals surface area contributed by atoms with Gasteiger partial charge in [0.15, 0.2) is 5.76 Å². The zero-order valence-electron chi connectivity index (χ0n) is 16.8. The average molecular weight is 407 g/mol. The van der Waals surface area contributed by atoms with E-state index in [2.05, 4.69) is 17.2 Å². The fourth-order valence-electron chi connectivity index (χ4n) is 3.60. The summed E-state index contributed by atoms with van der Waals surface area (Å²) in [6.45, 7) is 3.72. The number of carbonyl (C=O) groups is 2. The molecule has 4 rings (SSSR count). The molecule has 1 N–H and O–H groups in total. The number of benzene rings is 2. The topological polar surface area (TPSA) is 75.4 Å². The Hall–Kier alpha value is -3.48. The minimum absolute atomic E-state index is 0.0879. The van der Waals surface area contributed by atoms with Crippen LogP contribution in [-0.2, 0) is 23.3 Å². The number of urea groups is 1. The summed E-state index contributed by atoms with van der Waals surface area (Å²) in [5.74, 6) is -0.0520. The summed E-state index contributed by atoms with van der Waals surface area (Å²) in [6.07, 6.45) is 3.49. The Morgan fingerprint density at radius 2 is 1.80 bits per heavy atom. The van der Waals surface area contributed by atoms with Crippen LogP contribution in [-0.4, -0.2) is 21.8 Å². The number of halogens is 1. The van der Waals surface area contributed by atoms with Crippen LogP contribution in [0.2, 0.25) is 0 Å². The first kappa shape index (κ1) is 19.8. The molecular weight excluding hydrogens is 385 g/mol. The molecule has 0 radical (unpaired) electrons. The Labute approximate surface area is 173 Å². The number of aromatic nitrogens is 1. The Morgan fingerprint density at radius 3 is 2.47 bits per heavy atom. The molecule has 1 unspecified atom stereocenters. The number of oxazole rings is 1. The van der Waals surface area contributed by atoms with Gasteiger partial charge in [0.2, 0.25) is 5.89 Å². The van der Waals surface area contributed by atoms with E-state index in [9.17, 15) is 14.0 Å². The molecule has 6 nitrogen and oxygen atoms in total. The van der Waals surface area contributed by atoms with Crippen molar-refractivity contribution in [1.82, 2.24) is 15.2 Å². The number of rotatable bonds is 6. The van der Waals surface area contributed by atoms with E-state index in [1.54, 1.807) is 19.1 Å². The summed E-state index contributed by atoms with van der Waals surface area (Å²) in [7, 11) is 0. The Kier molecular flexibility index (Phi) is 5.11. The standard InChI is InChI=1S/C23H22FN3O3/c1-3-4-15-5-9-17(10-6-15)23(2)21(28)27(22(29)26-23)14-20-25-13-19(30-20)16-7-11-18(24)12-8-16/h5-13H,3-4,14H2,1-2H3,(H,26,29). The maximum absolute atomic E-state index is 13.1. The first-order valence-corrected chi connectivity index (χ1v) is 9.85. The van der Waals surface area contributed by atoms with E-state index < -0.39 is 11.6 Å².